The molecule has 16 heavy (non-hydrogen) atoms. The topological polar surface area (TPSA) is 46.1 Å². The zero-order valence-electron chi connectivity index (χ0n) is 9.60. The summed E-state index contributed by atoms with van der Waals surface area (Å²) in [5, 5.41) is 0. The van der Waals surface area contributed by atoms with E-state index in [1.54, 1.807) is 12.4 Å². The summed E-state index contributed by atoms with van der Waals surface area (Å²) < 4.78 is 0. The molecule has 0 radical (unpaired) electrons. The highest BCUT2D eigenvalue weighted by Crippen LogP contribution is 2.42. The van der Waals surface area contributed by atoms with Gasteiger partial charge in [0.15, 0.2) is 5.82 Å². The maximum absolute atomic E-state index is 12.4. The lowest BCUT2D eigenvalue weighted by molar-refractivity contribution is -0.123. The predicted octanol–water partition coefficient (Wildman–Crippen LogP) is 1.65. The average Bonchev–Trinajstić information content (AvgIpc) is 2.39. The van der Waals surface area contributed by atoms with E-state index in [1.165, 1.54) is 6.42 Å². The highest BCUT2D eigenvalue weighted by Gasteiger charge is 2.49. The highest BCUT2D eigenvalue weighted by molar-refractivity contribution is 6.06. The Kier molecular flexibility index (Phi) is 1.85. The molecule has 4 nitrogen and oxygen atoms in total. The lowest BCUT2D eigenvalue weighted by atomic mass is 9.89. The number of rotatable bonds is 1. The second-order valence-corrected chi connectivity index (χ2v) is 5.11. The van der Waals surface area contributed by atoms with Crippen LogP contribution in [-0.2, 0) is 10.2 Å². The van der Waals surface area contributed by atoms with E-state index in [9.17, 15) is 4.79 Å². The van der Waals surface area contributed by atoms with Gasteiger partial charge in [-0.3, -0.25) is 14.7 Å². The smallest absolute Gasteiger partial charge is 0.240 e. The first-order valence-electron chi connectivity index (χ1n) is 5.77. The lowest BCUT2D eigenvalue weighted by Crippen LogP contribution is -2.46. The Labute approximate surface area is 94.7 Å². The van der Waals surface area contributed by atoms with Crippen LogP contribution in [0.4, 0.5) is 5.82 Å². The molecule has 1 aliphatic carbocycles. The highest BCUT2D eigenvalue weighted by atomic mass is 16.2. The average molecular weight is 217 g/mol. The molecule has 1 aromatic heterocycles. The van der Waals surface area contributed by atoms with Crippen LogP contribution in [0, 0.1) is 0 Å². The van der Waals surface area contributed by atoms with Crippen LogP contribution in [0.3, 0.4) is 0 Å². The number of fused-ring (bicyclic) bond motifs is 1. The Morgan fingerprint density at radius 3 is 2.62 bits per heavy atom. The van der Waals surface area contributed by atoms with Crippen molar-refractivity contribution in [2.45, 2.75) is 44.6 Å². The third kappa shape index (κ3) is 1.07. The molecule has 1 fully saturated rings. The fourth-order valence-electron chi connectivity index (χ4n) is 2.43. The van der Waals surface area contributed by atoms with Crippen molar-refractivity contribution in [3.05, 3.63) is 18.1 Å². The summed E-state index contributed by atoms with van der Waals surface area (Å²) in [6.07, 6.45) is 6.73. The zero-order valence-corrected chi connectivity index (χ0v) is 9.60. The van der Waals surface area contributed by atoms with E-state index >= 15 is 0 Å². The van der Waals surface area contributed by atoms with Gasteiger partial charge in [0.05, 0.1) is 11.1 Å². The minimum absolute atomic E-state index is 0.151. The van der Waals surface area contributed by atoms with Crippen LogP contribution in [0.2, 0.25) is 0 Å². The minimum Gasteiger partial charge on any atom is -0.291 e. The maximum atomic E-state index is 12.4. The van der Waals surface area contributed by atoms with Crippen LogP contribution in [-0.4, -0.2) is 21.9 Å². The summed E-state index contributed by atoms with van der Waals surface area (Å²) in [6, 6.07) is 0.352. The van der Waals surface area contributed by atoms with Gasteiger partial charge >= 0.3 is 0 Å². The van der Waals surface area contributed by atoms with Gasteiger partial charge in [-0.25, -0.2) is 4.98 Å². The van der Waals surface area contributed by atoms with Crippen molar-refractivity contribution in [1.29, 1.82) is 0 Å². The molecule has 0 bridgehead atoms. The van der Waals surface area contributed by atoms with Gasteiger partial charge in [-0.05, 0) is 33.1 Å². The first-order valence-corrected chi connectivity index (χ1v) is 5.77. The molecular formula is C12H15N3O. The monoisotopic (exact) mass is 217 g/mol. The first-order chi connectivity index (χ1) is 7.62. The molecule has 1 aliphatic heterocycles. The van der Waals surface area contributed by atoms with Crippen molar-refractivity contribution < 1.29 is 4.79 Å². The molecule has 1 saturated carbocycles. The first kappa shape index (κ1) is 9.75. The van der Waals surface area contributed by atoms with E-state index in [4.69, 9.17) is 0 Å². The van der Waals surface area contributed by atoms with Gasteiger partial charge < -0.3 is 0 Å². The standard InChI is InChI=1S/C12H15N3O/c1-12(2)9-10(14-7-6-13-9)15(11(12)16)8-4-3-5-8/h6-8H,3-5H2,1-2H3. The molecule has 84 valence electrons. The van der Waals surface area contributed by atoms with Crippen LogP contribution in [0.25, 0.3) is 0 Å². The molecule has 1 amide bonds. The molecule has 4 heteroatoms. The van der Waals surface area contributed by atoms with Crippen molar-refractivity contribution >= 4 is 11.7 Å². The van der Waals surface area contributed by atoms with E-state index in [2.05, 4.69) is 9.97 Å². The fourth-order valence-corrected chi connectivity index (χ4v) is 2.43. The van der Waals surface area contributed by atoms with Crippen molar-refractivity contribution in [3.63, 3.8) is 0 Å². The molecule has 0 aromatic carbocycles. The molecule has 2 aliphatic rings. The largest absolute Gasteiger partial charge is 0.291 e. The molecule has 0 spiro atoms. The third-order valence-electron chi connectivity index (χ3n) is 3.69. The second-order valence-electron chi connectivity index (χ2n) is 5.11. The second kappa shape index (κ2) is 3.03. The van der Waals surface area contributed by atoms with Crippen LogP contribution in [0.15, 0.2) is 12.4 Å². The molecule has 0 N–H and O–H groups in total. The van der Waals surface area contributed by atoms with Crippen LogP contribution in [0.5, 0.6) is 0 Å². The Morgan fingerprint density at radius 1 is 1.31 bits per heavy atom. The normalized spacial score (nSPS) is 23.1. The van der Waals surface area contributed by atoms with E-state index in [-0.39, 0.29) is 5.91 Å². The molecular weight excluding hydrogens is 202 g/mol. The number of hydrogen-bond acceptors (Lipinski definition) is 3. The number of carbonyl (C=O) groups is 1. The number of anilines is 1. The summed E-state index contributed by atoms with van der Waals surface area (Å²) in [6.45, 7) is 3.86. The van der Waals surface area contributed by atoms with E-state index in [0.717, 1.165) is 24.4 Å². The Bertz CT molecular complexity index is 451. The third-order valence-corrected chi connectivity index (χ3v) is 3.69. The number of hydrogen-bond donors (Lipinski definition) is 0. The van der Waals surface area contributed by atoms with Crippen molar-refractivity contribution in [2.75, 3.05) is 4.90 Å². The molecule has 2 heterocycles. The lowest BCUT2D eigenvalue weighted by Gasteiger charge is -2.35. The molecule has 0 atom stereocenters. The Morgan fingerprint density at radius 2 is 2.00 bits per heavy atom. The zero-order chi connectivity index (χ0) is 11.3. The van der Waals surface area contributed by atoms with Crippen molar-refractivity contribution in [2.24, 2.45) is 0 Å². The quantitative estimate of drug-likeness (QED) is 0.718. The van der Waals surface area contributed by atoms with Gasteiger partial charge in [0.25, 0.3) is 0 Å². The van der Waals surface area contributed by atoms with Gasteiger partial charge in [-0.2, -0.15) is 0 Å². The molecule has 1 aromatic rings. The molecule has 0 unspecified atom stereocenters. The van der Waals surface area contributed by atoms with Crippen LogP contribution >= 0.6 is 0 Å². The van der Waals surface area contributed by atoms with Gasteiger partial charge in [0.1, 0.15) is 0 Å². The number of amides is 1. The maximum Gasteiger partial charge on any atom is 0.240 e. The van der Waals surface area contributed by atoms with Crippen LogP contribution in [0.1, 0.15) is 38.8 Å². The van der Waals surface area contributed by atoms with E-state index in [1.807, 2.05) is 18.7 Å². The van der Waals surface area contributed by atoms with Gasteiger partial charge in [0.2, 0.25) is 5.91 Å². The van der Waals surface area contributed by atoms with E-state index < -0.39 is 5.41 Å². The molecule has 3 rings (SSSR count). The van der Waals surface area contributed by atoms with Crippen LogP contribution < -0.4 is 4.90 Å². The number of aromatic nitrogens is 2. The van der Waals surface area contributed by atoms with Crippen molar-refractivity contribution in [1.82, 2.24) is 9.97 Å². The molecule has 0 saturated heterocycles. The van der Waals surface area contributed by atoms with Gasteiger partial charge in [0, 0.05) is 18.4 Å². The SMILES string of the molecule is CC1(C)C(=O)N(C2CCC2)c2nccnc21. The Hall–Kier alpha value is -1.45. The minimum atomic E-state index is -0.515. The predicted molar refractivity (Wildman–Crippen MR) is 60.2 cm³/mol. The fraction of sp³-hybridized carbons (Fsp3) is 0.583. The number of nitrogens with zero attached hydrogens (tertiary/aromatic N) is 3. The summed E-state index contributed by atoms with van der Waals surface area (Å²) in [7, 11) is 0. The number of carbonyl (C=O) groups excluding carboxylic acids is 1. The van der Waals surface area contributed by atoms with Gasteiger partial charge in [-0.1, -0.05) is 0 Å². The summed E-state index contributed by atoms with van der Waals surface area (Å²) in [5.74, 6) is 0.931. The van der Waals surface area contributed by atoms with Crippen molar-refractivity contribution in [3.8, 4) is 0 Å². The summed E-state index contributed by atoms with van der Waals surface area (Å²) in [5.41, 5.74) is 0.311. The Balaban J connectivity index is 2.11. The summed E-state index contributed by atoms with van der Waals surface area (Å²) in [4.78, 5) is 22.9. The van der Waals surface area contributed by atoms with Gasteiger partial charge in [-0.15, -0.1) is 0 Å². The van der Waals surface area contributed by atoms with E-state index in [0.29, 0.717) is 6.04 Å². The summed E-state index contributed by atoms with van der Waals surface area (Å²) >= 11 is 0.